The van der Waals surface area contributed by atoms with E-state index in [4.69, 9.17) is 39.5 Å². The summed E-state index contributed by atoms with van der Waals surface area (Å²) in [7, 11) is 0. The molecule has 1 aromatic heterocycles. The summed E-state index contributed by atoms with van der Waals surface area (Å²) < 4.78 is 5.83. The number of hydrogen-bond acceptors (Lipinski definition) is 3. The summed E-state index contributed by atoms with van der Waals surface area (Å²) in [5.41, 5.74) is 2.30. The van der Waals surface area contributed by atoms with Gasteiger partial charge in [0, 0.05) is 46.1 Å². The fourth-order valence-electron chi connectivity index (χ4n) is 3.32. The molecule has 4 aromatic rings. The minimum absolute atomic E-state index is 0.131. The maximum absolute atomic E-state index is 13.4. The standard InChI is InChI=1S/C26H19Cl3N2O2/c27-21-5-9-25(10-6-21)33-24-7-3-20(4-8-24)26(32)31(16-18-2-1-11-30-15-18)17-19-12-22(28)14-23(29)13-19/h1-15H,16-17H2. The van der Waals surface area contributed by atoms with Crippen LogP contribution in [0.25, 0.3) is 0 Å². The van der Waals surface area contributed by atoms with Crippen molar-refractivity contribution in [2.75, 3.05) is 0 Å². The first-order chi connectivity index (χ1) is 16.0. The molecule has 3 aromatic carbocycles. The molecule has 0 N–H and O–H groups in total. The summed E-state index contributed by atoms with van der Waals surface area (Å²) in [4.78, 5) is 19.3. The smallest absolute Gasteiger partial charge is 0.254 e. The van der Waals surface area contributed by atoms with E-state index >= 15 is 0 Å². The second-order valence-corrected chi connectivity index (χ2v) is 8.69. The van der Waals surface area contributed by atoms with Gasteiger partial charge in [-0.05, 0) is 83.9 Å². The highest BCUT2D eigenvalue weighted by atomic mass is 35.5. The van der Waals surface area contributed by atoms with Crippen LogP contribution in [0.1, 0.15) is 21.5 Å². The van der Waals surface area contributed by atoms with Gasteiger partial charge >= 0.3 is 0 Å². The van der Waals surface area contributed by atoms with Crippen LogP contribution >= 0.6 is 34.8 Å². The van der Waals surface area contributed by atoms with Crippen LogP contribution in [0.2, 0.25) is 15.1 Å². The van der Waals surface area contributed by atoms with Gasteiger partial charge < -0.3 is 9.64 Å². The number of benzene rings is 3. The van der Waals surface area contributed by atoms with Crippen LogP contribution < -0.4 is 4.74 Å². The number of hydrogen-bond donors (Lipinski definition) is 0. The van der Waals surface area contributed by atoms with Crippen LogP contribution in [-0.4, -0.2) is 15.8 Å². The van der Waals surface area contributed by atoms with Crippen LogP contribution in [-0.2, 0) is 13.1 Å². The number of rotatable bonds is 7. The Morgan fingerprint density at radius 1 is 0.758 bits per heavy atom. The maximum atomic E-state index is 13.4. The summed E-state index contributed by atoms with van der Waals surface area (Å²) in [5.74, 6) is 1.15. The molecule has 7 heteroatoms. The molecule has 33 heavy (non-hydrogen) atoms. The monoisotopic (exact) mass is 496 g/mol. The van der Waals surface area contributed by atoms with Crippen molar-refractivity contribution in [2.24, 2.45) is 0 Å². The molecule has 0 aliphatic heterocycles. The molecule has 0 unspecified atom stereocenters. The van der Waals surface area contributed by atoms with Crippen molar-refractivity contribution in [2.45, 2.75) is 13.1 Å². The van der Waals surface area contributed by atoms with Crippen molar-refractivity contribution in [1.82, 2.24) is 9.88 Å². The molecule has 0 aliphatic carbocycles. The number of amides is 1. The molecule has 0 saturated carbocycles. The number of aromatic nitrogens is 1. The Bertz CT molecular complexity index is 1210. The Morgan fingerprint density at radius 2 is 1.36 bits per heavy atom. The minimum atomic E-state index is -0.131. The number of ether oxygens (including phenoxy) is 1. The van der Waals surface area contributed by atoms with E-state index in [0.717, 1.165) is 11.1 Å². The second kappa shape index (κ2) is 10.7. The fraction of sp³-hybridized carbons (Fsp3) is 0.0769. The van der Waals surface area contributed by atoms with E-state index in [1.807, 2.05) is 12.1 Å². The van der Waals surface area contributed by atoms with Crippen molar-refractivity contribution in [3.05, 3.63) is 123 Å². The Morgan fingerprint density at radius 3 is 1.97 bits per heavy atom. The summed E-state index contributed by atoms with van der Waals surface area (Å²) in [6.07, 6.45) is 3.44. The molecule has 0 fully saturated rings. The quantitative estimate of drug-likeness (QED) is 0.263. The zero-order chi connectivity index (χ0) is 23.2. The lowest BCUT2D eigenvalue weighted by Gasteiger charge is -2.23. The molecule has 4 rings (SSSR count). The van der Waals surface area contributed by atoms with Gasteiger partial charge in [-0.3, -0.25) is 9.78 Å². The third kappa shape index (κ3) is 6.48. The van der Waals surface area contributed by atoms with Gasteiger partial charge in [0.2, 0.25) is 0 Å². The van der Waals surface area contributed by atoms with Gasteiger partial charge in [0.1, 0.15) is 11.5 Å². The summed E-state index contributed by atoms with van der Waals surface area (Å²) in [6.45, 7) is 0.733. The van der Waals surface area contributed by atoms with Crippen molar-refractivity contribution in [3.63, 3.8) is 0 Å². The predicted molar refractivity (Wildman–Crippen MR) is 132 cm³/mol. The van der Waals surface area contributed by atoms with Crippen LogP contribution in [0.5, 0.6) is 11.5 Å². The van der Waals surface area contributed by atoms with E-state index in [1.54, 1.807) is 84.0 Å². The first kappa shape index (κ1) is 23.1. The fourth-order valence-corrected chi connectivity index (χ4v) is 4.02. The molecule has 0 aliphatic rings. The highest BCUT2D eigenvalue weighted by molar-refractivity contribution is 6.34. The van der Waals surface area contributed by atoms with E-state index < -0.39 is 0 Å². The summed E-state index contributed by atoms with van der Waals surface area (Å²) in [5, 5.41) is 1.68. The summed E-state index contributed by atoms with van der Waals surface area (Å²) >= 11 is 18.2. The van der Waals surface area contributed by atoms with E-state index in [0.29, 0.717) is 45.2 Å². The van der Waals surface area contributed by atoms with Crippen LogP contribution in [0.15, 0.2) is 91.3 Å². The molecular weight excluding hydrogens is 479 g/mol. The van der Waals surface area contributed by atoms with Crippen LogP contribution in [0.4, 0.5) is 0 Å². The van der Waals surface area contributed by atoms with Gasteiger partial charge in [-0.1, -0.05) is 40.9 Å². The van der Waals surface area contributed by atoms with Gasteiger partial charge in [0.15, 0.2) is 0 Å². The lowest BCUT2D eigenvalue weighted by atomic mass is 10.1. The zero-order valence-electron chi connectivity index (χ0n) is 17.4. The topological polar surface area (TPSA) is 42.4 Å². The molecule has 1 amide bonds. The maximum Gasteiger partial charge on any atom is 0.254 e. The first-order valence-electron chi connectivity index (χ1n) is 10.1. The Kier molecular flexibility index (Phi) is 7.50. The van der Waals surface area contributed by atoms with E-state index in [9.17, 15) is 4.79 Å². The highest BCUT2D eigenvalue weighted by Gasteiger charge is 2.18. The number of carbonyl (C=O) groups excluding carboxylic acids is 1. The number of carbonyl (C=O) groups is 1. The molecule has 0 atom stereocenters. The predicted octanol–water partition coefficient (Wildman–Crippen LogP) is 7.68. The van der Waals surface area contributed by atoms with E-state index in [1.165, 1.54) is 0 Å². The Balaban J connectivity index is 1.55. The first-order valence-corrected chi connectivity index (χ1v) is 11.3. The number of halogens is 3. The van der Waals surface area contributed by atoms with Crippen molar-refractivity contribution in [1.29, 1.82) is 0 Å². The second-order valence-electron chi connectivity index (χ2n) is 7.38. The average molecular weight is 498 g/mol. The number of pyridine rings is 1. The van der Waals surface area contributed by atoms with Crippen molar-refractivity contribution < 1.29 is 9.53 Å². The zero-order valence-corrected chi connectivity index (χ0v) is 19.7. The van der Waals surface area contributed by atoms with Crippen molar-refractivity contribution >= 4 is 40.7 Å². The normalized spacial score (nSPS) is 10.6. The molecule has 0 spiro atoms. The summed E-state index contributed by atoms with van der Waals surface area (Å²) in [6, 6.07) is 23.2. The molecule has 1 heterocycles. The largest absolute Gasteiger partial charge is 0.457 e. The lowest BCUT2D eigenvalue weighted by Crippen LogP contribution is -2.30. The molecule has 0 bridgehead atoms. The minimum Gasteiger partial charge on any atom is -0.457 e. The van der Waals surface area contributed by atoms with Crippen LogP contribution in [0, 0.1) is 0 Å². The van der Waals surface area contributed by atoms with E-state index in [-0.39, 0.29) is 5.91 Å². The van der Waals surface area contributed by atoms with Gasteiger partial charge in [-0.25, -0.2) is 0 Å². The molecular formula is C26H19Cl3N2O2. The molecule has 0 radical (unpaired) electrons. The lowest BCUT2D eigenvalue weighted by molar-refractivity contribution is 0.0730. The third-order valence-corrected chi connectivity index (χ3v) is 5.52. The Hall–Kier alpha value is -3.05. The van der Waals surface area contributed by atoms with Gasteiger partial charge in [-0.2, -0.15) is 0 Å². The van der Waals surface area contributed by atoms with Gasteiger partial charge in [0.05, 0.1) is 0 Å². The van der Waals surface area contributed by atoms with Gasteiger partial charge in [0.25, 0.3) is 5.91 Å². The van der Waals surface area contributed by atoms with E-state index in [2.05, 4.69) is 4.98 Å². The van der Waals surface area contributed by atoms with Crippen LogP contribution in [0.3, 0.4) is 0 Å². The molecule has 4 nitrogen and oxygen atoms in total. The number of nitrogens with zero attached hydrogens (tertiary/aromatic N) is 2. The third-order valence-electron chi connectivity index (χ3n) is 4.83. The highest BCUT2D eigenvalue weighted by Crippen LogP contribution is 2.25. The van der Waals surface area contributed by atoms with Gasteiger partial charge in [-0.15, -0.1) is 0 Å². The average Bonchev–Trinajstić information content (AvgIpc) is 2.80. The Labute approximate surface area is 207 Å². The SMILES string of the molecule is O=C(c1ccc(Oc2ccc(Cl)cc2)cc1)N(Cc1cccnc1)Cc1cc(Cl)cc(Cl)c1. The van der Waals surface area contributed by atoms with Crippen molar-refractivity contribution in [3.8, 4) is 11.5 Å². The molecule has 166 valence electrons. The molecule has 0 saturated heterocycles.